The third kappa shape index (κ3) is 8.05. The van der Waals surface area contributed by atoms with E-state index >= 15 is 0 Å². The lowest BCUT2D eigenvalue weighted by molar-refractivity contribution is -0.141. The number of aromatic nitrogens is 2. The Hall–Kier alpha value is -2.89. The fraction of sp³-hybridized carbons (Fsp3) is 0.348. The summed E-state index contributed by atoms with van der Waals surface area (Å²) in [4.78, 5) is -0.138. The van der Waals surface area contributed by atoms with Crippen LogP contribution in [0.3, 0.4) is 0 Å². The van der Waals surface area contributed by atoms with E-state index in [-0.39, 0.29) is 16.3 Å². The lowest BCUT2D eigenvalue weighted by Gasteiger charge is -2.24. The van der Waals surface area contributed by atoms with Crippen molar-refractivity contribution in [3.8, 4) is 16.9 Å². The number of halogens is 3. The first-order valence-electron chi connectivity index (χ1n) is 10.9. The van der Waals surface area contributed by atoms with Crippen molar-refractivity contribution in [3.05, 3.63) is 65.9 Å². The van der Waals surface area contributed by atoms with Crippen molar-refractivity contribution in [1.29, 1.82) is 0 Å². The molecule has 1 heterocycles. The molecule has 0 saturated carbocycles. The highest BCUT2D eigenvalue weighted by Crippen LogP contribution is 2.33. The van der Waals surface area contributed by atoms with Crippen molar-refractivity contribution in [2.45, 2.75) is 42.4 Å². The van der Waals surface area contributed by atoms with Crippen LogP contribution < -0.4 is 5.14 Å². The van der Waals surface area contributed by atoms with Gasteiger partial charge >= 0.3 is 6.18 Å². The molecule has 0 aliphatic carbocycles. The third-order valence-electron chi connectivity index (χ3n) is 5.27. The zero-order valence-electron chi connectivity index (χ0n) is 19.9. The second kappa shape index (κ2) is 12.8. The van der Waals surface area contributed by atoms with E-state index in [0.717, 1.165) is 16.3 Å². The first kappa shape index (κ1) is 31.3. The van der Waals surface area contributed by atoms with Crippen LogP contribution in [0.4, 0.5) is 13.2 Å². The van der Waals surface area contributed by atoms with Gasteiger partial charge in [-0.1, -0.05) is 29.8 Å². The number of rotatable bonds is 8. The summed E-state index contributed by atoms with van der Waals surface area (Å²) in [6.45, 7) is 0.418. The topological polar surface area (TPSA) is 199 Å². The Morgan fingerprint density at radius 3 is 1.76 bits per heavy atom. The Morgan fingerprint density at radius 1 is 0.895 bits per heavy atom. The molecular formula is C23H28F3N3O8S. The molecule has 11 nitrogen and oxygen atoms in total. The van der Waals surface area contributed by atoms with Gasteiger partial charge in [0, 0.05) is 5.56 Å². The predicted molar refractivity (Wildman–Crippen MR) is 128 cm³/mol. The van der Waals surface area contributed by atoms with Crippen molar-refractivity contribution in [2.75, 3.05) is 13.2 Å². The molecule has 0 bridgehead atoms. The van der Waals surface area contributed by atoms with Crippen LogP contribution in [0.25, 0.3) is 16.9 Å². The number of aliphatic hydroxyl groups excluding tert-OH is 6. The van der Waals surface area contributed by atoms with Crippen LogP contribution in [-0.4, -0.2) is 86.5 Å². The fourth-order valence-corrected chi connectivity index (χ4v) is 3.61. The molecule has 2 aromatic carbocycles. The van der Waals surface area contributed by atoms with E-state index in [2.05, 4.69) is 5.10 Å². The first-order valence-corrected chi connectivity index (χ1v) is 12.5. The largest absolute Gasteiger partial charge is 0.435 e. The average Bonchev–Trinajstić information content (AvgIpc) is 3.33. The fourth-order valence-electron chi connectivity index (χ4n) is 3.09. The molecule has 0 unspecified atom stereocenters. The van der Waals surface area contributed by atoms with Crippen LogP contribution in [-0.2, 0) is 16.2 Å². The summed E-state index contributed by atoms with van der Waals surface area (Å²) < 4.78 is 63.2. The van der Waals surface area contributed by atoms with Crippen LogP contribution in [0.5, 0.6) is 0 Å². The third-order valence-corrected chi connectivity index (χ3v) is 6.20. The quantitative estimate of drug-likeness (QED) is 0.196. The van der Waals surface area contributed by atoms with Gasteiger partial charge in [0.2, 0.25) is 10.0 Å². The number of hydrogen-bond acceptors (Lipinski definition) is 9. The van der Waals surface area contributed by atoms with Crippen LogP contribution in [0.15, 0.2) is 59.5 Å². The standard InChI is InChI=1S/C17H14F3N3O2S.C6H14O6/c1-11-2-4-12(5-3-11)15-10-16(17(18,19)20)22-23(15)13-6-8-14(9-7-13)26(21,24)25;7-1-3(9)5(11)6(12)4(10)2-8/h2-10H,1H3,(H2,21,24,25);3-12H,1-2H2/t;3-,4-,5-,6-/m.1/s1. The number of benzene rings is 2. The highest BCUT2D eigenvalue weighted by atomic mass is 32.2. The Bertz CT molecular complexity index is 1270. The van der Waals surface area contributed by atoms with E-state index in [0.29, 0.717) is 5.56 Å². The van der Waals surface area contributed by atoms with E-state index in [1.807, 2.05) is 6.92 Å². The van der Waals surface area contributed by atoms with Gasteiger partial charge in [-0.05, 0) is 37.3 Å². The van der Waals surface area contributed by atoms with Crippen molar-refractivity contribution in [3.63, 3.8) is 0 Å². The summed E-state index contributed by atoms with van der Waals surface area (Å²) in [7, 11) is -3.90. The van der Waals surface area contributed by atoms with Gasteiger partial charge in [-0.2, -0.15) is 18.3 Å². The van der Waals surface area contributed by atoms with Gasteiger partial charge in [0.1, 0.15) is 24.4 Å². The SMILES string of the molecule is Cc1ccc(-c2cc(C(F)(F)F)nn2-c2ccc(S(N)(=O)=O)cc2)cc1.OC[C@@H](O)[C@@H](O)[C@H](O)[C@H](O)CO. The molecule has 1 aromatic heterocycles. The van der Waals surface area contributed by atoms with Gasteiger partial charge in [0.25, 0.3) is 0 Å². The Kier molecular flexibility index (Phi) is 10.5. The molecular weight excluding hydrogens is 535 g/mol. The predicted octanol–water partition coefficient (Wildman–Crippen LogP) is -0.0715. The van der Waals surface area contributed by atoms with E-state index in [4.69, 9.17) is 35.8 Å². The lowest BCUT2D eigenvalue weighted by Crippen LogP contribution is -2.46. The number of nitrogens with zero attached hydrogens (tertiary/aromatic N) is 2. The molecule has 3 rings (SSSR count). The molecule has 0 aliphatic heterocycles. The summed E-state index contributed by atoms with van der Waals surface area (Å²) >= 11 is 0. The molecule has 0 fully saturated rings. The molecule has 0 amide bonds. The maximum Gasteiger partial charge on any atom is 0.435 e. The molecule has 0 saturated heterocycles. The van der Waals surface area contributed by atoms with E-state index in [9.17, 15) is 21.6 Å². The van der Waals surface area contributed by atoms with Crippen molar-refractivity contribution >= 4 is 10.0 Å². The minimum Gasteiger partial charge on any atom is -0.394 e. The highest BCUT2D eigenvalue weighted by Gasteiger charge is 2.35. The van der Waals surface area contributed by atoms with E-state index in [1.165, 1.54) is 24.3 Å². The smallest absolute Gasteiger partial charge is 0.394 e. The summed E-state index contributed by atoms with van der Waals surface area (Å²) in [6.07, 6.45) is -11.0. The molecule has 0 aliphatic rings. The van der Waals surface area contributed by atoms with Crippen LogP contribution in [0, 0.1) is 6.92 Å². The summed E-state index contributed by atoms with van der Waals surface area (Å²) in [6, 6.07) is 13.1. The Morgan fingerprint density at radius 2 is 1.37 bits per heavy atom. The number of aryl methyl sites for hydroxylation is 1. The zero-order chi connectivity index (χ0) is 28.8. The zero-order valence-corrected chi connectivity index (χ0v) is 20.7. The van der Waals surface area contributed by atoms with Gasteiger partial charge in [-0.25, -0.2) is 18.2 Å². The molecule has 210 valence electrons. The Labute approximate surface area is 215 Å². The van der Waals surface area contributed by atoms with E-state index in [1.54, 1.807) is 24.3 Å². The number of hydrogen-bond donors (Lipinski definition) is 7. The minimum atomic E-state index is -4.61. The molecule has 15 heteroatoms. The van der Waals surface area contributed by atoms with E-state index < -0.39 is 59.5 Å². The van der Waals surface area contributed by atoms with Gasteiger partial charge in [-0.3, -0.25) is 0 Å². The summed E-state index contributed by atoms with van der Waals surface area (Å²) in [5.74, 6) is 0. The normalized spacial score (nSPS) is 15.2. The van der Waals surface area contributed by atoms with Crippen LogP contribution in [0.2, 0.25) is 0 Å². The second-order valence-electron chi connectivity index (χ2n) is 8.21. The number of sulfonamides is 1. The van der Waals surface area contributed by atoms with Crippen molar-refractivity contribution in [1.82, 2.24) is 9.78 Å². The first-order chi connectivity index (χ1) is 17.6. The van der Waals surface area contributed by atoms with Gasteiger partial charge < -0.3 is 30.6 Å². The number of nitrogens with two attached hydrogens (primary N) is 1. The average molecular weight is 564 g/mol. The summed E-state index contributed by atoms with van der Waals surface area (Å²) in [5, 5.41) is 60.9. The van der Waals surface area contributed by atoms with Crippen molar-refractivity contribution < 1.29 is 52.2 Å². The molecule has 0 spiro atoms. The molecule has 3 aromatic rings. The highest BCUT2D eigenvalue weighted by molar-refractivity contribution is 7.89. The van der Waals surface area contributed by atoms with Crippen LogP contribution >= 0.6 is 0 Å². The minimum absolute atomic E-state index is 0.138. The van der Waals surface area contributed by atoms with Gasteiger partial charge in [0.05, 0.1) is 29.5 Å². The second-order valence-corrected chi connectivity index (χ2v) is 9.77. The maximum absolute atomic E-state index is 13.1. The molecule has 0 radical (unpaired) electrons. The maximum atomic E-state index is 13.1. The van der Waals surface area contributed by atoms with Gasteiger partial charge in [0.15, 0.2) is 5.69 Å². The van der Waals surface area contributed by atoms with Crippen molar-refractivity contribution in [2.24, 2.45) is 5.14 Å². The summed E-state index contributed by atoms with van der Waals surface area (Å²) in [5.41, 5.74) is 0.996. The van der Waals surface area contributed by atoms with Gasteiger partial charge in [-0.15, -0.1) is 0 Å². The molecule has 38 heavy (non-hydrogen) atoms. The Balaban J connectivity index is 0.000000358. The number of primary sulfonamides is 1. The molecule has 8 N–H and O–H groups in total. The van der Waals surface area contributed by atoms with Crippen LogP contribution in [0.1, 0.15) is 11.3 Å². The molecule has 4 atom stereocenters. The number of aliphatic hydroxyl groups is 6. The lowest BCUT2D eigenvalue weighted by atomic mass is 10.0. The monoisotopic (exact) mass is 563 g/mol. The number of alkyl halides is 3.